The van der Waals surface area contributed by atoms with E-state index < -0.39 is 29.2 Å². The molecule has 2 aromatic heterocycles. The number of carbonyl (C=O) groups is 1. The molecular formula is C17H11ClF4N4O. The molecule has 10 heteroatoms. The number of benzene rings is 1. The fourth-order valence-electron chi connectivity index (χ4n) is 2.49. The van der Waals surface area contributed by atoms with Gasteiger partial charge in [-0.05, 0) is 42.8 Å². The second-order valence-electron chi connectivity index (χ2n) is 5.60. The van der Waals surface area contributed by atoms with E-state index in [0.29, 0.717) is 10.2 Å². The minimum absolute atomic E-state index is 0.0224. The first-order chi connectivity index (χ1) is 12.7. The second-order valence-corrected chi connectivity index (χ2v) is 6.00. The third kappa shape index (κ3) is 3.92. The van der Waals surface area contributed by atoms with Gasteiger partial charge in [0.25, 0.3) is 5.91 Å². The number of carbonyl (C=O) groups excluding carboxylic acids is 1. The van der Waals surface area contributed by atoms with Gasteiger partial charge < -0.3 is 5.32 Å². The number of aryl methyl sites for hydroxylation is 1. The van der Waals surface area contributed by atoms with E-state index in [9.17, 15) is 22.4 Å². The molecule has 0 atom stereocenters. The summed E-state index contributed by atoms with van der Waals surface area (Å²) in [6, 6.07) is 6.44. The average molecular weight is 399 g/mol. The second kappa shape index (κ2) is 6.99. The Morgan fingerprint density at radius 3 is 2.63 bits per heavy atom. The lowest BCUT2D eigenvalue weighted by Crippen LogP contribution is -2.21. The summed E-state index contributed by atoms with van der Waals surface area (Å²) in [6.07, 6.45) is -2.91. The van der Waals surface area contributed by atoms with Gasteiger partial charge in [0, 0.05) is 11.9 Å². The Labute approximate surface area is 155 Å². The summed E-state index contributed by atoms with van der Waals surface area (Å²) in [5, 5.41) is 5.80. The third-order valence-corrected chi connectivity index (χ3v) is 3.82. The van der Waals surface area contributed by atoms with Gasteiger partial charge >= 0.3 is 6.18 Å². The molecule has 0 unspecified atom stereocenters. The highest BCUT2D eigenvalue weighted by Crippen LogP contribution is 2.34. The molecule has 2 heterocycles. The Kier molecular flexibility index (Phi) is 4.88. The smallest absolute Gasteiger partial charge is 0.322 e. The standard InChI is InChI=1S/C17H11ClF4N4O/c1-9-5-10(19)7-11(6-9)25-16(27)12-8-24-26(14(12)17(20,21)22)15-13(18)3-2-4-23-15/h2-8H,1H3,(H,25,27). The number of anilines is 1. The highest BCUT2D eigenvalue weighted by molar-refractivity contribution is 6.32. The molecule has 0 aliphatic heterocycles. The van der Waals surface area contributed by atoms with Crippen LogP contribution in [0.4, 0.5) is 23.2 Å². The largest absolute Gasteiger partial charge is 0.434 e. The number of hydrogen-bond donors (Lipinski definition) is 1. The van der Waals surface area contributed by atoms with Crippen molar-refractivity contribution in [2.24, 2.45) is 0 Å². The summed E-state index contributed by atoms with van der Waals surface area (Å²) >= 11 is 5.90. The van der Waals surface area contributed by atoms with E-state index in [1.165, 1.54) is 30.5 Å². The molecule has 1 amide bonds. The number of amides is 1. The zero-order chi connectivity index (χ0) is 19.8. The van der Waals surface area contributed by atoms with Crippen molar-refractivity contribution >= 4 is 23.2 Å². The molecule has 0 aliphatic carbocycles. The Hall–Kier alpha value is -2.94. The molecule has 0 bridgehead atoms. The van der Waals surface area contributed by atoms with Crippen molar-refractivity contribution in [3.8, 4) is 5.82 Å². The highest BCUT2D eigenvalue weighted by atomic mass is 35.5. The lowest BCUT2D eigenvalue weighted by Gasteiger charge is -2.13. The Morgan fingerprint density at radius 2 is 2.00 bits per heavy atom. The number of nitrogens with zero attached hydrogens (tertiary/aromatic N) is 3. The van der Waals surface area contributed by atoms with Crippen LogP contribution < -0.4 is 5.32 Å². The SMILES string of the molecule is Cc1cc(F)cc(NC(=O)c2cnn(-c3ncccc3Cl)c2C(F)(F)F)c1. The zero-order valence-electron chi connectivity index (χ0n) is 13.7. The summed E-state index contributed by atoms with van der Waals surface area (Å²) in [6.45, 7) is 1.58. The van der Waals surface area contributed by atoms with E-state index in [1.807, 2.05) is 0 Å². The van der Waals surface area contributed by atoms with Crippen LogP contribution in [-0.2, 0) is 6.18 Å². The molecule has 0 saturated heterocycles. The van der Waals surface area contributed by atoms with E-state index in [4.69, 9.17) is 11.6 Å². The third-order valence-electron chi connectivity index (χ3n) is 3.52. The first kappa shape index (κ1) is 18.8. The summed E-state index contributed by atoms with van der Waals surface area (Å²) in [5.41, 5.74) is -1.56. The maximum absolute atomic E-state index is 13.6. The first-order valence-corrected chi connectivity index (χ1v) is 7.89. The van der Waals surface area contributed by atoms with Crippen LogP contribution in [0.3, 0.4) is 0 Å². The number of nitrogens with one attached hydrogen (secondary N) is 1. The van der Waals surface area contributed by atoms with Crippen LogP contribution in [0.1, 0.15) is 21.6 Å². The van der Waals surface area contributed by atoms with Gasteiger partial charge in [-0.15, -0.1) is 0 Å². The van der Waals surface area contributed by atoms with Gasteiger partial charge in [-0.1, -0.05) is 11.6 Å². The Morgan fingerprint density at radius 1 is 1.26 bits per heavy atom. The molecular weight excluding hydrogens is 388 g/mol. The van der Waals surface area contributed by atoms with Crippen LogP contribution in [0.2, 0.25) is 5.02 Å². The van der Waals surface area contributed by atoms with Crippen molar-refractivity contribution in [1.82, 2.24) is 14.8 Å². The Balaban J connectivity index is 2.05. The van der Waals surface area contributed by atoms with Crippen LogP contribution in [0, 0.1) is 12.7 Å². The quantitative estimate of drug-likeness (QED) is 0.654. The van der Waals surface area contributed by atoms with Crippen molar-refractivity contribution in [2.45, 2.75) is 13.1 Å². The molecule has 140 valence electrons. The number of halogens is 5. The van der Waals surface area contributed by atoms with Crippen LogP contribution in [0.25, 0.3) is 5.82 Å². The van der Waals surface area contributed by atoms with E-state index in [1.54, 1.807) is 6.92 Å². The maximum Gasteiger partial charge on any atom is 0.434 e. The first-order valence-electron chi connectivity index (χ1n) is 7.51. The molecule has 5 nitrogen and oxygen atoms in total. The minimum Gasteiger partial charge on any atom is -0.322 e. The molecule has 0 saturated carbocycles. The lowest BCUT2D eigenvalue weighted by molar-refractivity contribution is -0.143. The van der Waals surface area contributed by atoms with Crippen LogP contribution >= 0.6 is 11.6 Å². The van der Waals surface area contributed by atoms with Gasteiger partial charge in [-0.25, -0.2) is 14.1 Å². The number of alkyl halides is 3. The van der Waals surface area contributed by atoms with E-state index in [0.717, 1.165) is 12.3 Å². The number of aromatic nitrogens is 3. The van der Waals surface area contributed by atoms with Crippen molar-refractivity contribution in [3.05, 3.63) is 70.4 Å². The number of rotatable bonds is 3. The fraction of sp³-hybridized carbons (Fsp3) is 0.118. The predicted octanol–water partition coefficient (Wildman–Crippen LogP) is 4.64. The summed E-state index contributed by atoms with van der Waals surface area (Å²) in [4.78, 5) is 16.2. The Bertz CT molecular complexity index is 996. The molecule has 0 aliphatic rings. The molecule has 0 fully saturated rings. The van der Waals surface area contributed by atoms with E-state index >= 15 is 0 Å². The van der Waals surface area contributed by atoms with Gasteiger partial charge in [0.2, 0.25) is 0 Å². The van der Waals surface area contributed by atoms with Crippen molar-refractivity contribution in [3.63, 3.8) is 0 Å². The van der Waals surface area contributed by atoms with Crippen molar-refractivity contribution in [2.75, 3.05) is 5.32 Å². The van der Waals surface area contributed by atoms with Crippen LogP contribution in [0.15, 0.2) is 42.7 Å². The van der Waals surface area contributed by atoms with Gasteiger partial charge in [-0.2, -0.15) is 18.3 Å². The topological polar surface area (TPSA) is 59.8 Å². The molecule has 3 aromatic rings. The highest BCUT2D eigenvalue weighted by Gasteiger charge is 2.41. The predicted molar refractivity (Wildman–Crippen MR) is 90.5 cm³/mol. The van der Waals surface area contributed by atoms with E-state index in [2.05, 4.69) is 15.4 Å². The van der Waals surface area contributed by atoms with Crippen molar-refractivity contribution in [1.29, 1.82) is 0 Å². The molecule has 1 N–H and O–H groups in total. The van der Waals surface area contributed by atoms with Gasteiger partial charge in [0.15, 0.2) is 11.5 Å². The zero-order valence-corrected chi connectivity index (χ0v) is 14.4. The summed E-state index contributed by atoms with van der Waals surface area (Å²) in [5.74, 6) is -1.99. The normalized spacial score (nSPS) is 11.5. The van der Waals surface area contributed by atoms with Crippen LogP contribution in [-0.4, -0.2) is 20.7 Å². The molecule has 27 heavy (non-hydrogen) atoms. The number of hydrogen-bond acceptors (Lipinski definition) is 3. The van der Waals surface area contributed by atoms with Gasteiger partial charge in [0.1, 0.15) is 5.82 Å². The number of pyridine rings is 1. The maximum atomic E-state index is 13.6. The van der Waals surface area contributed by atoms with E-state index in [-0.39, 0.29) is 16.5 Å². The monoisotopic (exact) mass is 398 g/mol. The lowest BCUT2D eigenvalue weighted by atomic mass is 10.2. The van der Waals surface area contributed by atoms with Gasteiger partial charge in [0.05, 0.1) is 16.8 Å². The molecule has 0 radical (unpaired) electrons. The molecule has 0 spiro atoms. The minimum atomic E-state index is -4.91. The van der Waals surface area contributed by atoms with Crippen molar-refractivity contribution < 1.29 is 22.4 Å². The summed E-state index contributed by atoms with van der Waals surface area (Å²) < 4.78 is 54.7. The molecule has 1 aromatic carbocycles. The fourth-order valence-corrected chi connectivity index (χ4v) is 2.69. The van der Waals surface area contributed by atoms with Gasteiger partial charge in [-0.3, -0.25) is 4.79 Å². The average Bonchev–Trinajstić information content (AvgIpc) is 2.99. The molecule has 3 rings (SSSR count). The summed E-state index contributed by atoms with van der Waals surface area (Å²) in [7, 11) is 0. The van der Waals surface area contributed by atoms with Crippen LogP contribution in [0.5, 0.6) is 0 Å².